The fourth-order valence-corrected chi connectivity index (χ4v) is 2.11. The second-order valence-corrected chi connectivity index (χ2v) is 4.15. The molecule has 19 heavy (non-hydrogen) atoms. The summed E-state index contributed by atoms with van der Waals surface area (Å²) >= 11 is 0. The monoisotopic (exact) mass is 252 g/mol. The molecule has 0 spiro atoms. The van der Waals surface area contributed by atoms with Gasteiger partial charge in [0.2, 0.25) is 6.79 Å². The Labute approximate surface area is 111 Å². The summed E-state index contributed by atoms with van der Waals surface area (Å²) in [5, 5.41) is 0. The van der Waals surface area contributed by atoms with Crippen LogP contribution < -0.4 is 9.47 Å². The van der Waals surface area contributed by atoms with Crippen LogP contribution in [-0.4, -0.2) is 13.1 Å². The standard InChI is InChI=1S/C16H12O3/c17-9-8-14(12-4-2-1-3-5-12)13-6-7-15-16(10-13)19-11-18-15/h1-10H,11H2. The van der Waals surface area contributed by atoms with E-state index in [1.807, 2.05) is 48.5 Å². The molecule has 2 aromatic rings. The van der Waals surface area contributed by atoms with Crippen LogP contribution in [0.25, 0.3) is 5.57 Å². The summed E-state index contributed by atoms with van der Waals surface area (Å²) in [7, 11) is 0. The van der Waals surface area contributed by atoms with E-state index in [1.54, 1.807) is 6.08 Å². The summed E-state index contributed by atoms with van der Waals surface area (Å²) in [6.45, 7) is 0.247. The molecule has 3 nitrogen and oxygen atoms in total. The third kappa shape index (κ3) is 2.22. The molecular formula is C16H12O3. The molecule has 1 heterocycles. The van der Waals surface area contributed by atoms with Crippen LogP contribution >= 0.6 is 0 Å². The van der Waals surface area contributed by atoms with Crippen molar-refractivity contribution in [2.75, 3.05) is 6.79 Å². The number of hydrogen-bond donors (Lipinski definition) is 0. The lowest BCUT2D eigenvalue weighted by atomic mass is 9.97. The Hall–Kier alpha value is -2.55. The minimum Gasteiger partial charge on any atom is -0.454 e. The summed E-state index contributed by atoms with van der Waals surface area (Å²) in [4.78, 5) is 10.9. The second kappa shape index (κ2) is 4.98. The average molecular weight is 252 g/mol. The van der Waals surface area contributed by atoms with Crippen LogP contribution in [0.5, 0.6) is 11.5 Å². The van der Waals surface area contributed by atoms with Gasteiger partial charge in [-0.25, -0.2) is 0 Å². The zero-order valence-electron chi connectivity index (χ0n) is 10.2. The van der Waals surface area contributed by atoms with Gasteiger partial charge in [-0.05, 0) is 34.9 Å². The molecule has 1 aliphatic rings. The molecule has 0 N–H and O–H groups in total. The molecule has 0 bridgehead atoms. The summed E-state index contributed by atoms with van der Waals surface area (Å²) in [6, 6.07) is 15.5. The number of carbonyl (C=O) groups excluding carboxylic acids is 1. The van der Waals surface area contributed by atoms with E-state index in [9.17, 15) is 4.79 Å². The van der Waals surface area contributed by atoms with E-state index < -0.39 is 0 Å². The van der Waals surface area contributed by atoms with Crippen LogP contribution in [0, 0.1) is 0 Å². The highest BCUT2D eigenvalue weighted by Gasteiger charge is 2.15. The first-order chi connectivity index (χ1) is 9.38. The average Bonchev–Trinajstić information content (AvgIpc) is 2.93. The predicted molar refractivity (Wildman–Crippen MR) is 72.2 cm³/mol. The summed E-state index contributed by atoms with van der Waals surface area (Å²) in [5.41, 5.74) is 2.80. The molecule has 1 aliphatic heterocycles. The molecule has 3 heteroatoms. The van der Waals surface area contributed by atoms with Gasteiger partial charge < -0.3 is 9.47 Å². The maximum Gasteiger partial charge on any atom is 0.231 e. The lowest BCUT2D eigenvalue weighted by molar-refractivity contribution is -0.104. The van der Waals surface area contributed by atoms with Crippen LogP contribution in [0.15, 0.2) is 54.6 Å². The molecule has 0 aliphatic carbocycles. The van der Waals surface area contributed by atoms with E-state index >= 15 is 0 Å². The van der Waals surface area contributed by atoms with Crippen LogP contribution in [0.4, 0.5) is 0 Å². The van der Waals surface area contributed by atoms with Gasteiger partial charge >= 0.3 is 0 Å². The van der Waals surface area contributed by atoms with Crippen LogP contribution in [0.1, 0.15) is 11.1 Å². The van der Waals surface area contributed by atoms with Crippen molar-refractivity contribution in [2.24, 2.45) is 0 Å². The zero-order valence-corrected chi connectivity index (χ0v) is 10.2. The first-order valence-electron chi connectivity index (χ1n) is 5.99. The smallest absolute Gasteiger partial charge is 0.231 e. The molecule has 0 unspecified atom stereocenters. The first kappa shape index (κ1) is 11.5. The van der Waals surface area contributed by atoms with Gasteiger partial charge in [0.1, 0.15) is 6.29 Å². The van der Waals surface area contributed by atoms with E-state index in [2.05, 4.69) is 0 Å². The maximum absolute atomic E-state index is 10.9. The van der Waals surface area contributed by atoms with Gasteiger partial charge in [0, 0.05) is 0 Å². The van der Waals surface area contributed by atoms with Crippen molar-refractivity contribution in [3.63, 3.8) is 0 Å². The van der Waals surface area contributed by atoms with E-state index in [0.29, 0.717) is 5.75 Å². The van der Waals surface area contributed by atoms with Crippen LogP contribution in [0.3, 0.4) is 0 Å². The number of allylic oxidation sites excluding steroid dienone is 1. The van der Waals surface area contributed by atoms with Gasteiger partial charge in [-0.1, -0.05) is 36.4 Å². The number of rotatable bonds is 3. The van der Waals surface area contributed by atoms with Gasteiger partial charge in [0.15, 0.2) is 11.5 Å². The number of benzene rings is 2. The molecule has 0 fully saturated rings. The Balaban J connectivity index is 2.07. The van der Waals surface area contributed by atoms with Gasteiger partial charge in [-0.3, -0.25) is 4.79 Å². The normalized spacial score (nSPS) is 13.4. The van der Waals surface area contributed by atoms with E-state index in [4.69, 9.17) is 9.47 Å². The summed E-state index contributed by atoms with van der Waals surface area (Å²) in [6.07, 6.45) is 2.36. The number of aldehydes is 1. The molecule has 0 saturated heterocycles. The molecular weight excluding hydrogens is 240 g/mol. The molecule has 3 rings (SSSR count). The Morgan fingerprint density at radius 1 is 0.947 bits per heavy atom. The second-order valence-electron chi connectivity index (χ2n) is 4.15. The van der Waals surface area contributed by atoms with E-state index in [0.717, 1.165) is 28.7 Å². The maximum atomic E-state index is 10.9. The Bertz CT molecular complexity index is 630. The minimum atomic E-state index is 0.247. The summed E-state index contributed by atoms with van der Waals surface area (Å²) < 4.78 is 10.7. The van der Waals surface area contributed by atoms with Crippen molar-refractivity contribution >= 4 is 11.9 Å². The van der Waals surface area contributed by atoms with E-state index in [1.165, 1.54) is 0 Å². The lowest BCUT2D eigenvalue weighted by Gasteiger charge is -2.08. The number of ether oxygens (including phenoxy) is 2. The van der Waals surface area contributed by atoms with E-state index in [-0.39, 0.29) is 6.79 Å². The molecule has 0 amide bonds. The molecule has 0 atom stereocenters. The first-order valence-corrected chi connectivity index (χ1v) is 5.99. The molecule has 94 valence electrons. The highest BCUT2D eigenvalue weighted by molar-refractivity contribution is 5.90. The fourth-order valence-electron chi connectivity index (χ4n) is 2.11. The predicted octanol–water partition coefficient (Wildman–Crippen LogP) is 3.05. The van der Waals surface area contributed by atoms with Gasteiger partial charge in [-0.2, -0.15) is 0 Å². The largest absolute Gasteiger partial charge is 0.454 e. The third-order valence-corrected chi connectivity index (χ3v) is 3.00. The summed E-state index contributed by atoms with van der Waals surface area (Å²) in [5.74, 6) is 1.45. The highest BCUT2D eigenvalue weighted by Crippen LogP contribution is 2.35. The SMILES string of the molecule is O=CC=C(c1ccccc1)c1ccc2c(c1)OCO2. The Kier molecular flexibility index (Phi) is 3.02. The van der Waals surface area contributed by atoms with Crippen molar-refractivity contribution in [1.29, 1.82) is 0 Å². The van der Waals surface area contributed by atoms with Crippen molar-refractivity contribution in [2.45, 2.75) is 0 Å². The molecule has 0 saturated carbocycles. The number of hydrogen-bond acceptors (Lipinski definition) is 3. The minimum absolute atomic E-state index is 0.247. The van der Waals surface area contributed by atoms with Gasteiger partial charge in [-0.15, -0.1) is 0 Å². The fraction of sp³-hybridized carbons (Fsp3) is 0.0625. The van der Waals surface area contributed by atoms with Crippen molar-refractivity contribution in [3.05, 3.63) is 65.7 Å². The van der Waals surface area contributed by atoms with Crippen LogP contribution in [-0.2, 0) is 4.79 Å². The quantitative estimate of drug-likeness (QED) is 0.622. The van der Waals surface area contributed by atoms with Gasteiger partial charge in [0.05, 0.1) is 0 Å². The van der Waals surface area contributed by atoms with Crippen molar-refractivity contribution < 1.29 is 14.3 Å². The Morgan fingerprint density at radius 2 is 1.74 bits per heavy atom. The topological polar surface area (TPSA) is 35.5 Å². The van der Waals surface area contributed by atoms with Gasteiger partial charge in [0.25, 0.3) is 0 Å². The molecule has 2 aromatic carbocycles. The zero-order chi connectivity index (χ0) is 13.1. The van der Waals surface area contributed by atoms with Crippen molar-refractivity contribution in [3.8, 4) is 11.5 Å². The number of carbonyl (C=O) groups is 1. The van der Waals surface area contributed by atoms with Crippen molar-refractivity contribution in [1.82, 2.24) is 0 Å². The Morgan fingerprint density at radius 3 is 2.53 bits per heavy atom. The third-order valence-electron chi connectivity index (χ3n) is 3.00. The number of fused-ring (bicyclic) bond motifs is 1. The van der Waals surface area contributed by atoms with Crippen LogP contribution in [0.2, 0.25) is 0 Å². The molecule has 0 aromatic heterocycles. The molecule has 0 radical (unpaired) electrons. The highest BCUT2D eigenvalue weighted by atomic mass is 16.7. The lowest BCUT2D eigenvalue weighted by Crippen LogP contribution is -1.93.